The van der Waals surface area contributed by atoms with Crippen molar-refractivity contribution in [2.24, 2.45) is 0 Å². The number of esters is 1. The highest BCUT2D eigenvalue weighted by Gasteiger charge is 2.12. The molecule has 114 valence electrons. The second-order valence-electron chi connectivity index (χ2n) is 4.62. The number of aryl methyl sites for hydroxylation is 1. The van der Waals surface area contributed by atoms with E-state index in [0.29, 0.717) is 10.7 Å². The summed E-state index contributed by atoms with van der Waals surface area (Å²) in [6, 6.07) is 11.7. The summed E-state index contributed by atoms with van der Waals surface area (Å²) in [5, 5.41) is 3.23. The molecule has 1 amide bonds. The van der Waals surface area contributed by atoms with Crippen LogP contribution >= 0.6 is 23.2 Å². The van der Waals surface area contributed by atoms with Gasteiger partial charge in [-0.15, -0.1) is 0 Å². The first kappa shape index (κ1) is 16.3. The molecule has 0 heterocycles. The summed E-state index contributed by atoms with van der Waals surface area (Å²) in [7, 11) is 0. The summed E-state index contributed by atoms with van der Waals surface area (Å²) >= 11 is 11.6. The first-order chi connectivity index (χ1) is 10.5. The highest BCUT2D eigenvalue weighted by atomic mass is 35.5. The average molecular weight is 338 g/mol. The molecular weight excluding hydrogens is 325 g/mol. The van der Waals surface area contributed by atoms with Gasteiger partial charge >= 0.3 is 5.97 Å². The largest absolute Gasteiger partial charge is 0.452 e. The minimum absolute atomic E-state index is 0.234. The molecule has 22 heavy (non-hydrogen) atoms. The monoisotopic (exact) mass is 337 g/mol. The molecule has 0 spiro atoms. The van der Waals surface area contributed by atoms with E-state index in [1.807, 2.05) is 19.1 Å². The SMILES string of the molecule is Cc1ccc(NC(=O)COC(=O)c2ccc(Cl)c(Cl)c2)cc1. The Morgan fingerprint density at radius 2 is 1.73 bits per heavy atom. The van der Waals surface area contributed by atoms with Gasteiger partial charge in [0.25, 0.3) is 5.91 Å². The molecule has 0 atom stereocenters. The summed E-state index contributed by atoms with van der Waals surface area (Å²) in [5.41, 5.74) is 1.96. The smallest absolute Gasteiger partial charge is 0.338 e. The van der Waals surface area contributed by atoms with Gasteiger partial charge in [-0.1, -0.05) is 40.9 Å². The average Bonchev–Trinajstić information content (AvgIpc) is 2.50. The van der Waals surface area contributed by atoms with Crippen LogP contribution in [-0.2, 0) is 9.53 Å². The van der Waals surface area contributed by atoms with Gasteiger partial charge in [0.1, 0.15) is 0 Å². The number of hydrogen-bond acceptors (Lipinski definition) is 3. The van der Waals surface area contributed by atoms with Crippen LogP contribution in [0.25, 0.3) is 0 Å². The fraction of sp³-hybridized carbons (Fsp3) is 0.125. The van der Waals surface area contributed by atoms with Crippen molar-refractivity contribution in [2.45, 2.75) is 6.92 Å². The van der Waals surface area contributed by atoms with E-state index in [2.05, 4.69) is 5.32 Å². The second-order valence-corrected chi connectivity index (χ2v) is 5.43. The van der Waals surface area contributed by atoms with Crippen LogP contribution in [0.15, 0.2) is 42.5 Å². The number of rotatable bonds is 4. The van der Waals surface area contributed by atoms with Gasteiger partial charge in [-0.2, -0.15) is 0 Å². The molecule has 0 saturated carbocycles. The Morgan fingerprint density at radius 1 is 1.05 bits per heavy atom. The predicted molar refractivity (Wildman–Crippen MR) is 86.6 cm³/mol. The Balaban J connectivity index is 1.88. The summed E-state index contributed by atoms with van der Waals surface area (Å²) in [4.78, 5) is 23.5. The third-order valence-corrected chi connectivity index (χ3v) is 3.56. The standard InChI is InChI=1S/C16H13Cl2NO3/c1-10-2-5-12(6-3-10)19-15(20)9-22-16(21)11-4-7-13(17)14(18)8-11/h2-8H,9H2,1H3,(H,19,20). The van der Waals surface area contributed by atoms with Crippen molar-refractivity contribution in [3.63, 3.8) is 0 Å². The molecule has 0 saturated heterocycles. The van der Waals surface area contributed by atoms with E-state index in [9.17, 15) is 9.59 Å². The number of carbonyl (C=O) groups is 2. The number of hydrogen-bond donors (Lipinski definition) is 1. The van der Waals surface area contributed by atoms with Crippen molar-refractivity contribution >= 4 is 40.8 Å². The second kappa shape index (κ2) is 7.29. The lowest BCUT2D eigenvalue weighted by Crippen LogP contribution is -2.20. The third kappa shape index (κ3) is 4.48. The highest BCUT2D eigenvalue weighted by molar-refractivity contribution is 6.42. The van der Waals surface area contributed by atoms with E-state index in [0.717, 1.165) is 5.56 Å². The summed E-state index contributed by atoms with van der Waals surface area (Å²) < 4.78 is 4.93. The van der Waals surface area contributed by atoms with Gasteiger partial charge in [-0.05, 0) is 37.3 Å². The van der Waals surface area contributed by atoms with Gasteiger partial charge < -0.3 is 10.1 Å². The predicted octanol–water partition coefficient (Wildman–Crippen LogP) is 4.10. The van der Waals surface area contributed by atoms with E-state index >= 15 is 0 Å². The van der Waals surface area contributed by atoms with Crippen molar-refractivity contribution in [3.8, 4) is 0 Å². The first-order valence-corrected chi connectivity index (χ1v) is 7.20. The number of carbonyl (C=O) groups excluding carboxylic acids is 2. The molecule has 4 nitrogen and oxygen atoms in total. The molecule has 0 fully saturated rings. The van der Waals surface area contributed by atoms with Gasteiger partial charge in [0.2, 0.25) is 0 Å². The quantitative estimate of drug-likeness (QED) is 0.854. The number of amides is 1. The molecule has 0 aliphatic rings. The van der Waals surface area contributed by atoms with Crippen LogP contribution in [-0.4, -0.2) is 18.5 Å². The lowest BCUT2D eigenvalue weighted by molar-refractivity contribution is -0.119. The third-order valence-electron chi connectivity index (χ3n) is 2.82. The molecule has 2 rings (SSSR count). The fourth-order valence-corrected chi connectivity index (χ4v) is 1.97. The Hall–Kier alpha value is -2.04. The molecule has 0 bridgehead atoms. The van der Waals surface area contributed by atoms with Crippen molar-refractivity contribution in [1.29, 1.82) is 0 Å². The minimum Gasteiger partial charge on any atom is -0.452 e. The molecule has 2 aromatic carbocycles. The lowest BCUT2D eigenvalue weighted by atomic mass is 10.2. The van der Waals surface area contributed by atoms with Gasteiger partial charge in [0, 0.05) is 5.69 Å². The van der Waals surface area contributed by atoms with Crippen LogP contribution < -0.4 is 5.32 Å². The van der Waals surface area contributed by atoms with E-state index < -0.39 is 11.9 Å². The molecule has 1 N–H and O–H groups in total. The van der Waals surface area contributed by atoms with E-state index in [1.165, 1.54) is 18.2 Å². The van der Waals surface area contributed by atoms with Crippen molar-refractivity contribution in [2.75, 3.05) is 11.9 Å². The zero-order valence-corrected chi connectivity index (χ0v) is 13.2. The molecule has 0 aliphatic heterocycles. The van der Waals surface area contributed by atoms with Gasteiger partial charge in [0.15, 0.2) is 6.61 Å². The van der Waals surface area contributed by atoms with Crippen molar-refractivity contribution in [3.05, 3.63) is 63.6 Å². The maximum Gasteiger partial charge on any atom is 0.338 e. The Morgan fingerprint density at radius 3 is 2.36 bits per heavy atom. The molecular formula is C16H13Cl2NO3. The summed E-state index contributed by atoms with van der Waals surface area (Å²) in [5.74, 6) is -1.06. The van der Waals surface area contributed by atoms with Gasteiger partial charge in [0.05, 0.1) is 15.6 Å². The molecule has 6 heteroatoms. The van der Waals surface area contributed by atoms with Crippen LogP contribution in [0.2, 0.25) is 10.0 Å². The Labute approximate surface area is 138 Å². The molecule has 0 unspecified atom stereocenters. The zero-order valence-electron chi connectivity index (χ0n) is 11.7. The number of anilines is 1. The summed E-state index contributed by atoms with van der Waals surface area (Å²) in [6.07, 6.45) is 0. The van der Waals surface area contributed by atoms with Crippen LogP contribution in [0.5, 0.6) is 0 Å². The van der Waals surface area contributed by atoms with Gasteiger partial charge in [-0.25, -0.2) is 4.79 Å². The maximum atomic E-state index is 11.8. The number of nitrogens with one attached hydrogen (secondary N) is 1. The van der Waals surface area contributed by atoms with Crippen LogP contribution in [0.4, 0.5) is 5.69 Å². The van der Waals surface area contributed by atoms with Gasteiger partial charge in [-0.3, -0.25) is 4.79 Å². The minimum atomic E-state index is -0.641. The zero-order chi connectivity index (χ0) is 16.1. The van der Waals surface area contributed by atoms with Crippen molar-refractivity contribution < 1.29 is 14.3 Å². The van der Waals surface area contributed by atoms with Crippen LogP contribution in [0, 0.1) is 6.92 Å². The Bertz CT molecular complexity index is 699. The number of ether oxygens (including phenoxy) is 1. The van der Waals surface area contributed by atoms with E-state index in [-0.39, 0.29) is 17.2 Å². The molecule has 0 radical (unpaired) electrons. The number of benzene rings is 2. The van der Waals surface area contributed by atoms with Crippen LogP contribution in [0.1, 0.15) is 15.9 Å². The normalized spacial score (nSPS) is 10.1. The lowest BCUT2D eigenvalue weighted by Gasteiger charge is -2.07. The maximum absolute atomic E-state index is 11.8. The molecule has 2 aromatic rings. The van der Waals surface area contributed by atoms with E-state index in [1.54, 1.807) is 12.1 Å². The highest BCUT2D eigenvalue weighted by Crippen LogP contribution is 2.22. The first-order valence-electron chi connectivity index (χ1n) is 6.44. The topological polar surface area (TPSA) is 55.4 Å². The molecule has 0 aromatic heterocycles. The Kier molecular flexibility index (Phi) is 5.41. The molecule has 0 aliphatic carbocycles. The fourth-order valence-electron chi connectivity index (χ4n) is 1.67. The van der Waals surface area contributed by atoms with Crippen LogP contribution in [0.3, 0.4) is 0 Å². The summed E-state index contributed by atoms with van der Waals surface area (Å²) in [6.45, 7) is 1.57. The van der Waals surface area contributed by atoms with E-state index in [4.69, 9.17) is 27.9 Å². The van der Waals surface area contributed by atoms with Crippen molar-refractivity contribution in [1.82, 2.24) is 0 Å². The number of halogens is 2.